The number of anilines is 1. The zero-order valence-corrected chi connectivity index (χ0v) is 11.8. The van der Waals surface area contributed by atoms with Crippen molar-refractivity contribution in [2.45, 2.75) is 13.5 Å². The number of nitrogen functional groups attached to an aromatic ring is 1. The van der Waals surface area contributed by atoms with Crippen molar-refractivity contribution in [2.24, 2.45) is 0 Å². The Morgan fingerprint density at radius 3 is 3.00 bits per heavy atom. The Bertz CT molecular complexity index is 774. The molecule has 6 heteroatoms. The molecule has 0 bridgehead atoms. The number of aryl methyl sites for hydroxylation is 1. The maximum atomic E-state index is 12.2. The highest BCUT2D eigenvalue weighted by molar-refractivity contribution is 7.11. The summed E-state index contributed by atoms with van der Waals surface area (Å²) in [6, 6.07) is 9.40. The highest BCUT2D eigenvalue weighted by Gasteiger charge is 2.14. The fourth-order valence-corrected chi connectivity index (χ4v) is 2.87. The van der Waals surface area contributed by atoms with E-state index in [0.29, 0.717) is 17.9 Å². The normalized spacial score (nSPS) is 10.8. The van der Waals surface area contributed by atoms with E-state index in [1.165, 1.54) is 4.88 Å². The smallest absolute Gasteiger partial charge is 0.272 e. The molecule has 0 aliphatic heterocycles. The quantitative estimate of drug-likeness (QED) is 0.647. The Labute approximate surface area is 119 Å². The number of amides is 1. The first-order valence-electron chi connectivity index (χ1n) is 6.20. The largest absolute Gasteiger partial charge is 0.399 e. The molecule has 0 atom stereocenters. The number of hydrogen-bond acceptors (Lipinski definition) is 4. The van der Waals surface area contributed by atoms with E-state index < -0.39 is 0 Å². The van der Waals surface area contributed by atoms with Crippen molar-refractivity contribution in [1.82, 2.24) is 15.5 Å². The predicted molar refractivity (Wildman–Crippen MR) is 80.7 cm³/mol. The molecular weight excluding hydrogens is 272 g/mol. The highest BCUT2D eigenvalue weighted by Crippen LogP contribution is 2.19. The molecule has 2 heterocycles. The van der Waals surface area contributed by atoms with E-state index in [1.807, 2.05) is 25.1 Å². The van der Waals surface area contributed by atoms with Crippen LogP contribution in [-0.4, -0.2) is 16.1 Å². The number of nitrogens with zero attached hydrogens (tertiary/aromatic N) is 1. The molecule has 0 fully saturated rings. The van der Waals surface area contributed by atoms with Gasteiger partial charge in [-0.2, -0.15) is 5.10 Å². The van der Waals surface area contributed by atoms with Crippen LogP contribution in [0.2, 0.25) is 0 Å². The van der Waals surface area contributed by atoms with Gasteiger partial charge < -0.3 is 11.1 Å². The summed E-state index contributed by atoms with van der Waals surface area (Å²) >= 11 is 1.67. The second-order valence-corrected chi connectivity index (χ2v) is 5.94. The minimum atomic E-state index is -0.201. The monoisotopic (exact) mass is 286 g/mol. The van der Waals surface area contributed by atoms with Gasteiger partial charge in [-0.15, -0.1) is 11.3 Å². The number of carbonyl (C=O) groups is 1. The van der Waals surface area contributed by atoms with E-state index in [2.05, 4.69) is 15.5 Å². The highest BCUT2D eigenvalue weighted by atomic mass is 32.1. The number of fused-ring (bicyclic) bond motifs is 1. The summed E-state index contributed by atoms with van der Waals surface area (Å²) in [7, 11) is 0. The number of aromatic amines is 1. The molecule has 102 valence electrons. The zero-order chi connectivity index (χ0) is 14.1. The number of thiophene rings is 1. The van der Waals surface area contributed by atoms with Gasteiger partial charge in [0.2, 0.25) is 0 Å². The van der Waals surface area contributed by atoms with Gasteiger partial charge in [0, 0.05) is 20.8 Å². The van der Waals surface area contributed by atoms with Gasteiger partial charge in [-0.1, -0.05) is 0 Å². The van der Waals surface area contributed by atoms with Crippen LogP contribution in [0.5, 0.6) is 0 Å². The minimum Gasteiger partial charge on any atom is -0.399 e. The van der Waals surface area contributed by atoms with Crippen molar-refractivity contribution in [3.8, 4) is 0 Å². The number of hydrogen-bond donors (Lipinski definition) is 3. The van der Waals surface area contributed by atoms with Gasteiger partial charge in [0.15, 0.2) is 5.69 Å². The number of aromatic nitrogens is 2. The lowest BCUT2D eigenvalue weighted by molar-refractivity contribution is 0.0948. The first-order chi connectivity index (χ1) is 9.63. The number of benzene rings is 1. The molecule has 4 N–H and O–H groups in total. The van der Waals surface area contributed by atoms with Crippen LogP contribution < -0.4 is 11.1 Å². The summed E-state index contributed by atoms with van der Waals surface area (Å²) in [4.78, 5) is 14.5. The van der Waals surface area contributed by atoms with Gasteiger partial charge >= 0.3 is 0 Å². The first-order valence-corrected chi connectivity index (χ1v) is 7.02. The lowest BCUT2D eigenvalue weighted by atomic mass is 10.2. The third kappa shape index (κ3) is 2.37. The minimum absolute atomic E-state index is 0.201. The van der Waals surface area contributed by atoms with Gasteiger partial charge in [-0.05, 0) is 37.3 Å². The number of nitrogens with two attached hydrogens (primary N) is 1. The number of H-pyrrole nitrogens is 1. The number of rotatable bonds is 3. The average Bonchev–Trinajstić information content (AvgIpc) is 3.02. The molecule has 2 aromatic heterocycles. The third-order valence-corrected chi connectivity index (χ3v) is 4.02. The SMILES string of the molecule is Cc1ccc(CNC(=O)c2n[nH]c3ccc(N)cc23)s1. The number of carbonyl (C=O) groups excluding carboxylic acids is 1. The molecule has 1 aromatic carbocycles. The maximum absolute atomic E-state index is 12.2. The van der Waals surface area contributed by atoms with Crippen molar-refractivity contribution in [3.63, 3.8) is 0 Å². The standard InChI is InChI=1S/C14H14N4OS/c1-8-2-4-10(20-8)7-16-14(19)13-11-6-9(15)3-5-12(11)17-18-13/h2-6H,7,15H2,1H3,(H,16,19)(H,17,18). The topological polar surface area (TPSA) is 83.8 Å². The van der Waals surface area contributed by atoms with E-state index >= 15 is 0 Å². The van der Waals surface area contributed by atoms with Crippen molar-refractivity contribution in [2.75, 3.05) is 5.73 Å². The molecule has 0 spiro atoms. The first kappa shape index (κ1) is 12.7. The summed E-state index contributed by atoms with van der Waals surface area (Å²) < 4.78 is 0. The van der Waals surface area contributed by atoms with E-state index in [4.69, 9.17) is 5.73 Å². The Morgan fingerprint density at radius 2 is 2.25 bits per heavy atom. The Kier molecular flexibility index (Phi) is 3.15. The summed E-state index contributed by atoms with van der Waals surface area (Å²) in [6.45, 7) is 2.55. The molecule has 0 radical (unpaired) electrons. The van der Waals surface area contributed by atoms with Crippen molar-refractivity contribution in [1.29, 1.82) is 0 Å². The second kappa shape index (κ2) is 4.97. The number of nitrogens with one attached hydrogen (secondary N) is 2. The Hall–Kier alpha value is -2.34. The molecule has 5 nitrogen and oxygen atoms in total. The Morgan fingerprint density at radius 1 is 1.40 bits per heavy atom. The molecule has 0 aliphatic rings. The maximum Gasteiger partial charge on any atom is 0.272 e. The van der Waals surface area contributed by atoms with Crippen molar-refractivity contribution < 1.29 is 4.79 Å². The Balaban J connectivity index is 1.80. The molecule has 3 aromatic rings. The third-order valence-electron chi connectivity index (χ3n) is 3.02. The van der Waals surface area contributed by atoms with Gasteiger partial charge in [-0.3, -0.25) is 9.89 Å². The van der Waals surface area contributed by atoms with Crippen LogP contribution in [0.25, 0.3) is 10.9 Å². The van der Waals surface area contributed by atoms with Crippen LogP contribution in [0.3, 0.4) is 0 Å². The van der Waals surface area contributed by atoms with Crippen molar-refractivity contribution in [3.05, 3.63) is 45.8 Å². The second-order valence-electron chi connectivity index (χ2n) is 4.57. The van der Waals surface area contributed by atoms with Crippen LogP contribution in [0, 0.1) is 6.92 Å². The van der Waals surface area contributed by atoms with E-state index in [-0.39, 0.29) is 5.91 Å². The van der Waals surface area contributed by atoms with E-state index in [9.17, 15) is 4.79 Å². The molecule has 1 amide bonds. The molecule has 3 rings (SSSR count). The molecule has 0 saturated heterocycles. The van der Waals surface area contributed by atoms with Crippen LogP contribution in [0.4, 0.5) is 5.69 Å². The van der Waals surface area contributed by atoms with Crippen LogP contribution >= 0.6 is 11.3 Å². The zero-order valence-electron chi connectivity index (χ0n) is 10.9. The van der Waals surface area contributed by atoms with Crippen LogP contribution in [0.15, 0.2) is 30.3 Å². The fourth-order valence-electron chi connectivity index (χ4n) is 2.04. The van der Waals surface area contributed by atoms with E-state index in [0.717, 1.165) is 15.8 Å². The van der Waals surface area contributed by atoms with Gasteiger partial charge in [-0.25, -0.2) is 0 Å². The lowest BCUT2D eigenvalue weighted by Crippen LogP contribution is -2.22. The van der Waals surface area contributed by atoms with Gasteiger partial charge in [0.25, 0.3) is 5.91 Å². The van der Waals surface area contributed by atoms with E-state index in [1.54, 1.807) is 23.5 Å². The van der Waals surface area contributed by atoms with Crippen LogP contribution in [0.1, 0.15) is 20.2 Å². The predicted octanol–water partition coefficient (Wildman–Crippen LogP) is 2.45. The van der Waals surface area contributed by atoms with Gasteiger partial charge in [0.05, 0.1) is 12.1 Å². The summed E-state index contributed by atoms with van der Waals surface area (Å²) in [6.07, 6.45) is 0. The molecule has 20 heavy (non-hydrogen) atoms. The summed E-state index contributed by atoms with van der Waals surface area (Å²) in [5.74, 6) is -0.201. The van der Waals surface area contributed by atoms with Crippen molar-refractivity contribution >= 4 is 33.8 Å². The molecule has 0 saturated carbocycles. The van der Waals surface area contributed by atoms with Crippen LogP contribution in [-0.2, 0) is 6.54 Å². The fraction of sp³-hybridized carbons (Fsp3) is 0.143. The lowest BCUT2D eigenvalue weighted by Gasteiger charge is -2.01. The average molecular weight is 286 g/mol. The van der Waals surface area contributed by atoms with Gasteiger partial charge in [0.1, 0.15) is 0 Å². The molecule has 0 aliphatic carbocycles. The molecular formula is C14H14N4OS. The summed E-state index contributed by atoms with van der Waals surface area (Å²) in [5, 5.41) is 10.5. The summed E-state index contributed by atoms with van der Waals surface area (Å²) in [5.41, 5.74) is 7.54. The molecule has 0 unspecified atom stereocenters.